The SMILES string of the molecule is COc1ccc(-c2cc(=O)c3c(O)cc(O[C@@H]4O[C@H](CO)[C@@H](O)[C@H](O)[C@@H]4O)cc3o2)cc1O. The molecule has 1 aliphatic heterocycles. The number of rotatable bonds is 5. The van der Waals surface area contributed by atoms with Crippen molar-refractivity contribution >= 4 is 11.0 Å². The van der Waals surface area contributed by atoms with Crippen molar-refractivity contribution in [1.82, 2.24) is 0 Å². The molecule has 0 aliphatic carbocycles. The minimum atomic E-state index is -1.67. The minimum absolute atomic E-state index is 0.0626. The predicted molar refractivity (Wildman–Crippen MR) is 112 cm³/mol. The lowest BCUT2D eigenvalue weighted by Crippen LogP contribution is -2.60. The molecule has 0 saturated carbocycles. The number of hydrogen-bond acceptors (Lipinski definition) is 11. The van der Waals surface area contributed by atoms with Crippen LogP contribution in [0.3, 0.4) is 0 Å². The van der Waals surface area contributed by atoms with E-state index >= 15 is 0 Å². The molecule has 33 heavy (non-hydrogen) atoms. The van der Waals surface area contributed by atoms with Gasteiger partial charge in [0.15, 0.2) is 16.9 Å². The fraction of sp³-hybridized carbons (Fsp3) is 0.318. The molecule has 1 saturated heterocycles. The summed E-state index contributed by atoms with van der Waals surface area (Å²) in [6.07, 6.45) is -7.56. The number of aliphatic hydroxyl groups excluding tert-OH is 4. The number of benzene rings is 2. The van der Waals surface area contributed by atoms with Gasteiger partial charge >= 0.3 is 0 Å². The Hall–Kier alpha value is -3.35. The van der Waals surface area contributed by atoms with Crippen LogP contribution in [0.5, 0.6) is 23.0 Å². The van der Waals surface area contributed by atoms with E-state index in [9.17, 15) is 35.4 Å². The Morgan fingerprint density at radius 2 is 1.73 bits per heavy atom. The van der Waals surface area contributed by atoms with Crippen LogP contribution >= 0.6 is 0 Å². The maximum atomic E-state index is 12.6. The van der Waals surface area contributed by atoms with E-state index in [-0.39, 0.29) is 34.0 Å². The fourth-order valence-electron chi connectivity index (χ4n) is 3.60. The zero-order valence-electron chi connectivity index (χ0n) is 17.3. The quantitative estimate of drug-likeness (QED) is 0.302. The van der Waals surface area contributed by atoms with Gasteiger partial charge in [0.2, 0.25) is 6.29 Å². The van der Waals surface area contributed by atoms with Gasteiger partial charge in [-0.25, -0.2) is 0 Å². The van der Waals surface area contributed by atoms with Gasteiger partial charge in [-0.1, -0.05) is 0 Å². The summed E-state index contributed by atoms with van der Waals surface area (Å²) in [6.45, 7) is -0.638. The lowest BCUT2D eigenvalue weighted by Gasteiger charge is -2.39. The van der Waals surface area contributed by atoms with Crippen molar-refractivity contribution in [3.8, 4) is 34.3 Å². The number of hydrogen-bond donors (Lipinski definition) is 6. The van der Waals surface area contributed by atoms with Gasteiger partial charge in [-0.3, -0.25) is 4.79 Å². The molecule has 5 atom stereocenters. The Morgan fingerprint density at radius 3 is 2.39 bits per heavy atom. The highest BCUT2D eigenvalue weighted by Gasteiger charge is 2.44. The standard InChI is InChI=1S/C22H22O11/c1-30-14-3-2-9(4-11(14)24)15-7-13(26)18-12(25)5-10(6-16(18)32-15)31-22-21(29)20(28)19(27)17(8-23)33-22/h2-7,17,19-25,27-29H,8H2,1H3/t17-,19-,20+,21+,22-/m1/s1. The van der Waals surface area contributed by atoms with Crippen LogP contribution in [0.1, 0.15) is 0 Å². The van der Waals surface area contributed by atoms with Crippen LogP contribution in [-0.4, -0.2) is 75.1 Å². The van der Waals surface area contributed by atoms with Gasteiger partial charge in [0.05, 0.1) is 13.7 Å². The van der Waals surface area contributed by atoms with E-state index in [1.54, 1.807) is 6.07 Å². The van der Waals surface area contributed by atoms with Crippen molar-refractivity contribution in [2.24, 2.45) is 0 Å². The Bertz CT molecular complexity index is 1220. The summed E-state index contributed by atoms with van der Waals surface area (Å²) >= 11 is 0. The second-order valence-corrected chi connectivity index (χ2v) is 7.49. The molecule has 6 N–H and O–H groups in total. The van der Waals surface area contributed by atoms with Crippen LogP contribution in [0, 0.1) is 0 Å². The first kappa shape index (κ1) is 22.8. The molecule has 2 aromatic carbocycles. The maximum absolute atomic E-state index is 12.6. The number of ether oxygens (including phenoxy) is 3. The van der Waals surface area contributed by atoms with Crippen molar-refractivity contribution in [2.45, 2.75) is 30.7 Å². The number of aliphatic hydroxyl groups is 4. The Balaban J connectivity index is 1.71. The molecular formula is C22H22O11. The largest absolute Gasteiger partial charge is 0.507 e. The van der Waals surface area contributed by atoms with E-state index in [1.165, 1.54) is 25.3 Å². The summed E-state index contributed by atoms with van der Waals surface area (Å²) in [7, 11) is 1.39. The molecule has 2 heterocycles. The molecule has 176 valence electrons. The molecule has 1 fully saturated rings. The van der Waals surface area contributed by atoms with Crippen LogP contribution < -0.4 is 14.9 Å². The number of phenols is 2. The molecule has 1 aromatic heterocycles. The summed E-state index contributed by atoms with van der Waals surface area (Å²) < 4.78 is 21.6. The highest BCUT2D eigenvalue weighted by atomic mass is 16.7. The minimum Gasteiger partial charge on any atom is -0.507 e. The molecule has 11 nitrogen and oxygen atoms in total. The molecule has 11 heteroatoms. The van der Waals surface area contributed by atoms with Gasteiger partial charge < -0.3 is 49.3 Å². The molecule has 4 rings (SSSR count). The van der Waals surface area contributed by atoms with Crippen LogP contribution in [0.2, 0.25) is 0 Å². The fourth-order valence-corrected chi connectivity index (χ4v) is 3.60. The summed E-state index contributed by atoms with van der Waals surface area (Å²) in [5.41, 5.74) is -0.252. The highest BCUT2D eigenvalue weighted by molar-refractivity contribution is 5.86. The second kappa shape index (κ2) is 8.89. The topological polar surface area (TPSA) is 179 Å². The normalized spacial score (nSPS) is 25.2. The van der Waals surface area contributed by atoms with Gasteiger partial charge in [0, 0.05) is 23.8 Å². The van der Waals surface area contributed by atoms with Crippen LogP contribution in [0.4, 0.5) is 0 Å². The van der Waals surface area contributed by atoms with E-state index < -0.39 is 48.5 Å². The number of fused-ring (bicyclic) bond motifs is 1. The number of aromatic hydroxyl groups is 2. The average Bonchev–Trinajstić information content (AvgIpc) is 2.78. The monoisotopic (exact) mass is 462 g/mol. The predicted octanol–water partition coefficient (Wildman–Crippen LogP) is 0.0585. The Kier molecular flexibility index (Phi) is 6.15. The lowest BCUT2D eigenvalue weighted by molar-refractivity contribution is -0.277. The first-order valence-electron chi connectivity index (χ1n) is 9.89. The molecule has 0 radical (unpaired) electrons. The van der Waals surface area contributed by atoms with Crippen molar-refractivity contribution in [3.05, 3.63) is 46.6 Å². The van der Waals surface area contributed by atoms with Gasteiger partial charge in [-0.05, 0) is 18.2 Å². The van der Waals surface area contributed by atoms with Gasteiger partial charge in [0.25, 0.3) is 0 Å². The van der Waals surface area contributed by atoms with Crippen molar-refractivity contribution in [3.63, 3.8) is 0 Å². The summed E-state index contributed by atoms with van der Waals surface area (Å²) in [5, 5.41) is 59.5. The molecule has 1 aliphatic rings. The van der Waals surface area contributed by atoms with E-state index in [1.807, 2.05) is 0 Å². The van der Waals surface area contributed by atoms with Crippen molar-refractivity contribution in [1.29, 1.82) is 0 Å². The van der Waals surface area contributed by atoms with Crippen LogP contribution in [0.25, 0.3) is 22.3 Å². The molecule has 0 unspecified atom stereocenters. The highest BCUT2D eigenvalue weighted by Crippen LogP contribution is 2.35. The van der Waals surface area contributed by atoms with Crippen molar-refractivity contribution < 1.29 is 49.3 Å². The number of methoxy groups -OCH3 is 1. The number of phenolic OH excluding ortho intramolecular Hbond substituents is 2. The zero-order valence-corrected chi connectivity index (χ0v) is 17.3. The smallest absolute Gasteiger partial charge is 0.229 e. The Morgan fingerprint density at radius 1 is 0.970 bits per heavy atom. The third-order valence-electron chi connectivity index (χ3n) is 5.35. The second-order valence-electron chi connectivity index (χ2n) is 7.49. The van der Waals surface area contributed by atoms with Crippen LogP contribution in [0.15, 0.2) is 45.6 Å². The molecule has 0 bridgehead atoms. The summed E-state index contributed by atoms with van der Waals surface area (Å²) in [5.74, 6) is -0.392. The van der Waals surface area contributed by atoms with E-state index in [0.29, 0.717) is 5.56 Å². The van der Waals surface area contributed by atoms with Gasteiger partial charge in [-0.2, -0.15) is 0 Å². The molecule has 0 amide bonds. The molecule has 3 aromatic rings. The third-order valence-corrected chi connectivity index (χ3v) is 5.35. The first-order valence-corrected chi connectivity index (χ1v) is 9.89. The van der Waals surface area contributed by atoms with Gasteiger partial charge in [-0.15, -0.1) is 0 Å². The lowest BCUT2D eigenvalue weighted by atomic mass is 9.99. The Labute approximate surface area is 186 Å². The first-order chi connectivity index (χ1) is 15.7. The van der Waals surface area contributed by atoms with E-state index in [4.69, 9.17) is 18.6 Å². The average molecular weight is 462 g/mol. The van der Waals surface area contributed by atoms with Crippen molar-refractivity contribution in [2.75, 3.05) is 13.7 Å². The molecular weight excluding hydrogens is 440 g/mol. The zero-order chi connectivity index (χ0) is 23.9. The van der Waals surface area contributed by atoms with Gasteiger partial charge in [0.1, 0.15) is 52.6 Å². The third kappa shape index (κ3) is 4.19. The molecule has 0 spiro atoms. The van der Waals surface area contributed by atoms with E-state index in [0.717, 1.165) is 12.1 Å². The summed E-state index contributed by atoms with van der Waals surface area (Å²) in [4.78, 5) is 12.6. The maximum Gasteiger partial charge on any atom is 0.229 e. The van der Waals surface area contributed by atoms with E-state index in [2.05, 4.69) is 0 Å². The van der Waals surface area contributed by atoms with Crippen LogP contribution in [-0.2, 0) is 4.74 Å². The summed E-state index contributed by atoms with van der Waals surface area (Å²) in [6, 6.07) is 7.92.